The Bertz CT molecular complexity index is 405. The van der Waals surface area contributed by atoms with Crippen LogP contribution in [0.4, 0.5) is 5.69 Å². The first-order valence-corrected chi connectivity index (χ1v) is 5.89. The van der Waals surface area contributed by atoms with Crippen LogP contribution in [0.1, 0.15) is 33.3 Å². The lowest BCUT2D eigenvalue weighted by Crippen LogP contribution is -2.27. The van der Waals surface area contributed by atoms with E-state index in [4.69, 9.17) is 4.74 Å². The molecule has 0 aliphatic carbocycles. The highest BCUT2D eigenvalue weighted by atomic mass is 16.5. The predicted molar refractivity (Wildman–Crippen MR) is 70.4 cm³/mol. The molecule has 3 heteroatoms. The molecule has 0 saturated carbocycles. The molecule has 94 valence electrons. The number of carbonyl (C=O) groups is 1. The molecular formula is C14H21NO2. The summed E-state index contributed by atoms with van der Waals surface area (Å²) in [6.45, 7) is 10.2. The molecule has 0 aromatic heterocycles. The molecule has 1 aromatic carbocycles. The van der Waals surface area contributed by atoms with Gasteiger partial charge in [0.25, 0.3) is 0 Å². The summed E-state index contributed by atoms with van der Waals surface area (Å²) in [4.78, 5) is 11.8. The molecular weight excluding hydrogens is 214 g/mol. The summed E-state index contributed by atoms with van der Waals surface area (Å²) >= 11 is 0. The molecule has 0 radical (unpaired) electrons. The zero-order valence-corrected chi connectivity index (χ0v) is 11.3. The van der Waals surface area contributed by atoms with Crippen molar-refractivity contribution in [2.24, 2.45) is 5.41 Å². The Hall–Kier alpha value is -1.51. The van der Waals surface area contributed by atoms with Crippen molar-refractivity contribution in [2.45, 2.75) is 34.6 Å². The van der Waals surface area contributed by atoms with Crippen LogP contribution in [0, 0.1) is 12.3 Å². The minimum atomic E-state index is -0.382. The lowest BCUT2D eigenvalue weighted by Gasteiger charge is -2.18. The van der Waals surface area contributed by atoms with Gasteiger partial charge in [-0.3, -0.25) is 4.79 Å². The van der Waals surface area contributed by atoms with Gasteiger partial charge in [-0.15, -0.1) is 0 Å². The molecule has 0 aliphatic rings. The maximum atomic E-state index is 11.8. The first kappa shape index (κ1) is 13.6. The van der Waals surface area contributed by atoms with Gasteiger partial charge in [0.1, 0.15) is 5.75 Å². The van der Waals surface area contributed by atoms with Crippen LogP contribution >= 0.6 is 0 Å². The number of anilines is 1. The van der Waals surface area contributed by atoms with Gasteiger partial charge < -0.3 is 10.1 Å². The highest BCUT2D eigenvalue weighted by molar-refractivity contribution is 5.94. The van der Waals surface area contributed by atoms with Gasteiger partial charge in [-0.25, -0.2) is 0 Å². The van der Waals surface area contributed by atoms with Crippen molar-refractivity contribution >= 4 is 11.6 Å². The minimum absolute atomic E-state index is 0.0149. The van der Waals surface area contributed by atoms with Gasteiger partial charge in [-0.05, 0) is 37.6 Å². The van der Waals surface area contributed by atoms with Gasteiger partial charge in [0.2, 0.25) is 5.91 Å². The number of aryl methyl sites for hydroxylation is 1. The van der Waals surface area contributed by atoms with E-state index in [9.17, 15) is 4.79 Å². The second-order valence-electron chi connectivity index (χ2n) is 5.12. The second kappa shape index (κ2) is 5.21. The highest BCUT2D eigenvalue weighted by Crippen LogP contribution is 2.23. The molecule has 0 aliphatic heterocycles. The van der Waals surface area contributed by atoms with Crippen LogP contribution in [0.15, 0.2) is 18.2 Å². The molecule has 1 N–H and O–H groups in total. The molecule has 0 unspecified atom stereocenters. The third-order valence-corrected chi connectivity index (χ3v) is 2.41. The summed E-state index contributed by atoms with van der Waals surface area (Å²) in [7, 11) is 0. The summed E-state index contributed by atoms with van der Waals surface area (Å²) in [5.74, 6) is 0.877. The van der Waals surface area contributed by atoms with Crippen LogP contribution in [0.5, 0.6) is 5.75 Å². The zero-order valence-electron chi connectivity index (χ0n) is 11.3. The first-order valence-electron chi connectivity index (χ1n) is 5.89. The van der Waals surface area contributed by atoms with Crippen molar-refractivity contribution in [1.29, 1.82) is 0 Å². The Morgan fingerprint density at radius 3 is 2.47 bits per heavy atom. The van der Waals surface area contributed by atoms with Gasteiger partial charge in [0.15, 0.2) is 0 Å². The molecule has 0 spiro atoms. The van der Waals surface area contributed by atoms with E-state index >= 15 is 0 Å². The van der Waals surface area contributed by atoms with Crippen LogP contribution in [0.25, 0.3) is 0 Å². The fourth-order valence-electron chi connectivity index (χ4n) is 1.36. The third-order valence-electron chi connectivity index (χ3n) is 2.41. The van der Waals surface area contributed by atoms with E-state index in [2.05, 4.69) is 5.32 Å². The SMILES string of the molecule is CCOc1ccc(NC(=O)C(C)(C)C)cc1C. The van der Waals surface area contributed by atoms with Crippen molar-refractivity contribution in [3.63, 3.8) is 0 Å². The number of hydrogen-bond donors (Lipinski definition) is 1. The monoisotopic (exact) mass is 235 g/mol. The van der Waals surface area contributed by atoms with Gasteiger partial charge in [0, 0.05) is 11.1 Å². The molecule has 0 atom stereocenters. The van der Waals surface area contributed by atoms with Crippen molar-refractivity contribution < 1.29 is 9.53 Å². The first-order chi connectivity index (χ1) is 7.84. The van der Waals surface area contributed by atoms with Crippen LogP contribution in [0.2, 0.25) is 0 Å². The van der Waals surface area contributed by atoms with Gasteiger partial charge >= 0.3 is 0 Å². The normalized spacial score (nSPS) is 11.1. The zero-order chi connectivity index (χ0) is 13.1. The number of carbonyl (C=O) groups excluding carboxylic acids is 1. The average molecular weight is 235 g/mol. The van der Waals surface area contributed by atoms with Crippen LogP contribution < -0.4 is 10.1 Å². The minimum Gasteiger partial charge on any atom is -0.494 e. The van der Waals surface area contributed by atoms with Crippen molar-refractivity contribution in [3.8, 4) is 5.75 Å². The Labute approximate surface area is 103 Å². The molecule has 1 aromatic rings. The Morgan fingerprint density at radius 1 is 1.35 bits per heavy atom. The van der Waals surface area contributed by atoms with Crippen molar-refractivity contribution in [3.05, 3.63) is 23.8 Å². The smallest absolute Gasteiger partial charge is 0.229 e. The molecule has 0 fully saturated rings. The van der Waals surface area contributed by atoms with E-state index < -0.39 is 0 Å². The number of amides is 1. The quantitative estimate of drug-likeness (QED) is 0.872. The van der Waals surface area contributed by atoms with Gasteiger partial charge in [0.05, 0.1) is 6.61 Å². The van der Waals surface area contributed by atoms with Crippen molar-refractivity contribution in [1.82, 2.24) is 0 Å². The number of hydrogen-bond acceptors (Lipinski definition) is 2. The number of rotatable bonds is 3. The molecule has 0 saturated heterocycles. The molecule has 17 heavy (non-hydrogen) atoms. The van der Waals surface area contributed by atoms with Crippen LogP contribution in [-0.2, 0) is 4.79 Å². The van der Waals surface area contributed by atoms with Crippen LogP contribution in [0.3, 0.4) is 0 Å². The highest BCUT2D eigenvalue weighted by Gasteiger charge is 2.21. The largest absolute Gasteiger partial charge is 0.494 e. The van der Waals surface area contributed by atoms with E-state index in [0.717, 1.165) is 17.0 Å². The van der Waals surface area contributed by atoms with Gasteiger partial charge in [-0.2, -0.15) is 0 Å². The fraction of sp³-hybridized carbons (Fsp3) is 0.500. The third kappa shape index (κ3) is 3.77. The molecule has 1 rings (SSSR count). The topological polar surface area (TPSA) is 38.3 Å². The van der Waals surface area contributed by atoms with E-state index in [1.54, 1.807) is 0 Å². The van der Waals surface area contributed by atoms with Gasteiger partial charge in [-0.1, -0.05) is 20.8 Å². The van der Waals surface area contributed by atoms with Crippen LogP contribution in [-0.4, -0.2) is 12.5 Å². The number of ether oxygens (including phenoxy) is 1. The standard InChI is InChI=1S/C14H21NO2/c1-6-17-12-8-7-11(9-10(12)2)15-13(16)14(3,4)5/h7-9H,6H2,1-5H3,(H,15,16). The molecule has 0 heterocycles. The summed E-state index contributed by atoms with van der Waals surface area (Å²) in [5, 5.41) is 2.90. The molecule has 0 bridgehead atoms. The van der Waals surface area contributed by atoms with E-state index in [-0.39, 0.29) is 11.3 Å². The summed E-state index contributed by atoms with van der Waals surface area (Å²) in [6, 6.07) is 5.67. The number of benzene rings is 1. The number of nitrogens with one attached hydrogen (secondary N) is 1. The summed E-state index contributed by atoms with van der Waals surface area (Å²) in [6.07, 6.45) is 0. The summed E-state index contributed by atoms with van der Waals surface area (Å²) in [5.41, 5.74) is 1.45. The average Bonchev–Trinajstić information content (AvgIpc) is 2.21. The van der Waals surface area contributed by atoms with E-state index in [1.807, 2.05) is 52.8 Å². The maximum absolute atomic E-state index is 11.8. The van der Waals surface area contributed by atoms with E-state index in [0.29, 0.717) is 6.61 Å². The lowest BCUT2D eigenvalue weighted by atomic mass is 9.95. The van der Waals surface area contributed by atoms with E-state index in [1.165, 1.54) is 0 Å². The Kier molecular flexibility index (Phi) is 4.16. The lowest BCUT2D eigenvalue weighted by molar-refractivity contribution is -0.123. The second-order valence-corrected chi connectivity index (χ2v) is 5.12. The fourth-order valence-corrected chi connectivity index (χ4v) is 1.36. The Balaban J connectivity index is 2.81. The maximum Gasteiger partial charge on any atom is 0.229 e. The van der Waals surface area contributed by atoms with Crippen molar-refractivity contribution in [2.75, 3.05) is 11.9 Å². The Morgan fingerprint density at radius 2 is 2.00 bits per heavy atom. The summed E-state index contributed by atoms with van der Waals surface area (Å²) < 4.78 is 5.45. The molecule has 1 amide bonds. The molecule has 3 nitrogen and oxygen atoms in total. The predicted octanol–water partition coefficient (Wildman–Crippen LogP) is 3.38.